The van der Waals surface area contributed by atoms with Crippen molar-refractivity contribution in [3.8, 4) is 0 Å². The SMILES string of the molecule is CCCCC(CC)CC(N)C(OCC)C(C)(C)C. The molecule has 2 N–H and O–H groups in total. The van der Waals surface area contributed by atoms with Crippen LogP contribution in [0.5, 0.6) is 0 Å². The lowest BCUT2D eigenvalue weighted by molar-refractivity contribution is -0.0323. The van der Waals surface area contributed by atoms with E-state index in [1.807, 2.05) is 0 Å². The molecule has 0 aromatic rings. The fourth-order valence-electron chi connectivity index (χ4n) is 2.69. The highest BCUT2D eigenvalue weighted by Crippen LogP contribution is 2.28. The second-order valence-corrected chi connectivity index (χ2v) is 6.56. The maximum atomic E-state index is 6.41. The zero-order valence-corrected chi connectivity index (χ0v) is 13.5. The molecule has 0 fully saturated rings. The number of rotatable bonds is 9. The average Bonchev–Trinajstić information content (AvgIpc) is 2.29. The minimum absolute atomic E-state index is 0.123. The summed E-state index contributed by atoms with van der Waals surface area (Å²) in [4.78, 5) is 0. The van der Waals surface area contributed by atoms with Gasteiger partial charge in [0.1, 0.15) is 0 Å². The van der Waals surface area contributed by atoms with E-state index in [2.05, 4.69) is 41.5 Å². The van der Waals surface area contributed by atoms with Gasteiger partial charge in [0, 0.05) is 12.6 Å². The molecule has 0 aliphatic rings. The number of ether oxygens (including phenoxy) is 1. The molecule has 3 atom stereocenters. The molecule has 0 amide bonds. The molecule has 0 aromatic heterocycles. The summed E-state index contributed by atoms with van der Waals surface area (Å²) in [7, 11) is 0. The Hall–Kier alpha value is -0.0800. The van der Waals surface area contributed by atoms with Crippen molar-refractivity contribution in [2.45, 2.75) is 85.8 Å². The largest absolute Gasteiger partial charge is 0.376 e. The molecule has 3 unspecified atom stereocenters. The van der Waals surface area contributed by atoms with E-state index in [4.69, 9.17) is 10.5 Å². The Labute approximate surface area is 115 Å². The van der Waals surface area contributed by atoms with Gasteiger partial charge in [-0.3, -0.25) is 0 Å². The lowest BCUT2D eigenvalue weighted by atomic mass is 9.80. The predicted octanol–water partition coefficient (Wildman–Crippen LogP) is 4.37. The highest BCUT2D eigenvalue weighted by atomic mass is 16.5. The van der Waals surface area contributed by atoms with Crippen LogP contribution in [0.2, 0.25) is 0 Å². The third kappa shape index (κ3) is 6.75. The topological polar surface area (TPSA) is 35.2 Å². The van der Waals surface area contributed by atoms with E-state index < -0.39 is 0 Å². The lowest BCUT2D eigenvalue weighted by Crippen LogP contribution is -2.46. The summed E-state index contributed by atoms with van der Waals surface area (Å²) in [6.45, 7) is 14.0. The highest BCUT2D eigenvalue weighted by molar-refractivity contribution is 4.85. The van der Waals surface area contributed by atoms with Gasteiger partial charge in [-0.05, 0) is 24.7 Å². The molecule has 0 heterocycles. The normalized spacial score (nSPS) is 17.5. The Balaban J connectivity index is 4.42. The van der Waals surface area contributed by atoms with Crippen LogP contribution in [0.15, 0.2) is 0 Å². The average molecular weight is 257 g/mol. The zero-order valence-electron chi connectivity index (χ0n) is 13.5. The van der Waals surface area contributed by atoms with Crippen LogP contribution in [0.25, 0.3) is 0 Å². The van der Waals surface area contributed by atoms with Crippen molar-refractivity contribution < 1.29 is 4.74 Å². The Morgan fingerprint density at radius 3 is 2.11 bits per heavy atom. The molecular weight excluding hydrogens is 222 g/mol. The number of unbranched alkanes of at least 4 members (excludes halogenated alkanes) is 1. The molecule has 110 valence electrons. The molecule has 0 aliphatic carbocycles. The number of hydrogen-bond donors (Lipinski definition) is 1. The van der Waals surface area contributed by atoms with Crippen molar-refractivity contribution in [3.05, 3.63) is 0 Å². The van der Waals surface area contributed by atoms with Gasteiger partial charge >= 0.3 is 0 Å². The third-order valence-electron chi connectivity index (χ3n) is 3.74. The summed E-state index contributed by atoms with van der Waals surface area (Å²) in [6, 6.07) is 0.159. The van der Waals surface area contributed by atoms with Crippen LogP contribution in [0.3, 0.4) is 0 Å². The summed E-state index contributed by atoms with van der Waals surface area (Å²) >= 11 is 0. The van der Waals surface area contributed by atoms with E-state index in [0.717, 1.165) is 18.9 Å². The molecule has 0 radical (unpaired) electrons. The number of hydrogen-bond acceptors (Lipinski definition) is 2. The third-order valence-corrected chi connectivity index (χ3v) is 3.74. The standard InChI is InChI=1S/C16H35NO/c1-7-10-11-13(8-2)12-14(17)15(18-9-3)16(4,5)6/h13-15H,7-12,17H2,1-6H3. The van der Waals surface area contributed by atoms with Crippen LogP contribution in [0.4, 0.5) is 0 Å². The van der Waals surface area contributed by atoms with Crippen molar-refractivity contribution >= 4 is 0 Å². The van der Waals surface area contributed by atoms with Crippen molar-refractivity contribution in [2.24, 2.45) is 17.1 Å². The monoisotopic (exact) mass is 257 g/mol. The highest BCUT2D eigenvalue weighted by Gasteiger charge is 2.31. The van der Waals surface area contributed by atoms with Crippen molar-refractivity contribution in [2.75, 3.05) is 6.61 Å². The van der Waals surface area contributed by atoms with Crippen LogP contribution >= 0.6 is 0 Å². The quantitative estimate of drug-likeness (QED) is 0.665. The summed E-state index contributed by atoms with van der Waals surface area (Å²) in [5.41, 5.74) is 6.54. The molecule has 0 rings (SSSR count). The maximum absolute atomic E-state index is 6.41. The summed E-state index contributed by atoms with van der Waals surface area (Å²) in [5.74, 6) is 0.755. The van der Waals surface area contributed by atoms with E-state index in [1.165, 1.54) is 25.7 Å². The molecule has 0 aliphatic heterocycles. The van der Waals surface area contributed by atoms with E-state index in [1.54, 1.807) is 0 Å². The van der Waals surface area contributed by atoms with Crippen molar-refractivity contribution in [3.63, 3.8) is 0 Å². The van der Waals surface area contributed by atoms with Gasteiger partial charge in [0.15, 0.2) is 0 Å². The molecule has 0 saturated carbocycles. The van der Waals surface area contributed by atoms with Gasteiger partial charge in [-0.25, -0.2) is 0 Å². The van der Waals surface area contributed by atoms with Crippen molar-refractivity contribution in [1.29, 1.82) is 0 Å². The van der Waals surface area contributed by atoms with Gasteiger partial charge in [-0.2, -0.15) is 0 Å². The van der Waals surface area contributed by atoms with Crippen LogP contribution in [0, 0.1) is 11.3 Å². The fraction of sp³-hybridized carbons (Fsp3) is 1.00. The Bertz CT molecular complexity index is 198. The smallest absolute Gasteiger partial charge is 0.0773 e. The first-order chi connectivity index (χ1) is 8.36. The zero-order chi connectivity index (χ0) is 14.2. The summed E-state index contributed by atoms with van der Waals surface area (Å²) in [5, 5.41) is 0. The van der Waals surface area contributed by atoms with Gasteiger partial charge in [-0.1, -0.05) is 60.3 Å². The molecule has 2 heteroatoms. The van der Waals surface area contributed by atoms with Crippen LogP contribution in [0.1, 0.15) is 73.6 Å². The Morgan fingerprint density at radius 2 is 1.72 bits per heavy atom. The van der Waals surface area contributed by atoms with Gasteiger partial charge < -0.3 is 10.5 Å². The lowest BCUT2D eigenvalue weighted by Gasteiger charge is -2.36. The first kappa shape index (κ1) is 17.9. The summed E-state index contributed by atoms with van der Waals surface area (Å²) < 4.78 is 5.89. The molecule has 0 bridgehead atoms. The van der Waals surface area contributed by atoms with Gasteiger partial charge in [0.2, 0.25) is 0 Å². The van der Waals surface area contributed by atoms with Gasteiger partial charge in [0.25, 0.3) is 0 Å². The first-order valence-corrected chi connectivity index (χ1v) is 7.73. The minimum Gasteiger partial charge on any atom is -0.376 e. The van der Waals surface area contributed by atoms with E-state index in [0.29, 0.717) is 0 Å². The Morgan fingerprint density at radius 1 is 1.11 bits per heavy atom. The molecule has 0 aromatic carbocycles. The van der Waals surface area contributed by atoms with Crippen LogP contribution in [-0.4, -0.2) is 18.8 Å². The molecule has 2 nitrogen and oxygen atoms in total. The number of nitrogens with two attached hydrogens (primary N) is 1. The summed E-state index contributed by atoms with van der Waals surface area (Å²) in [6.07, 6.45) is 6.40. The molecule has 0 spiro atoms. The molecular formula is C16H35NO. The van der Waals surface area contributed by atoms with Crippen LogP contribution < -0.4 is 5.73 Å². The predicted molar refractivity (Wildman–Crippen MR) is 80.8 cm³/mol. The second-order valence-electron chi connectivity index (χ2n) is 6.56. The Kier molecular flexibility index (Phi) is 8.89. The molecule has 18 heavy (non-hydrogen) atoms. The maximum Gasteiger partial charge on any atom is 0.0773 e. The first-order valence-electron chi connectivity index (χ1n) is 7.73. The van der Waals surface area contributed by atoms with E-state index in [9.17, 15) is 0 Å². The van der Waals surface area contributed by atoms with Crippen molar-refractivity contribution in [1.82, 2.24) is 0 Å². The second kappa shape index (κ2) is 8.92. The van der Waals surface area contributed by atoms with Gasteiger partial charge in [0.05, 0.1) is 6.10 Å². The van der Waals surface area contributed by atoms with Gasteiger partial charge in [-0.15, -0.1) is 0 Å². The minimum atomic E-state index is 0.123. The van der Waals surface area contributed by atoms with Crippen LogP contribution in [-0.2, 0) is 4.74 Å². The van der Waals surface area contributed by atoms with E-state index in [-0.39, 0.29) is 17.6 Å². The molecule has 0 saturated heterocycles. The van der Waals surface area contributed by atoms with E-state index >= 15 is 0 Å². The fourth-order valence-corrected chi connectivity index (χ4v) is 2.69.